The lowest BCUT2D eigenvalue weighted by molar-refractivity contribution is 0.154. The van der Waals surface area contributed by atoms with E-state index in [1.807, 2.05) is 12.1 Å². The number of imidazole rings is 1. The van der Waals surface area contributed by atoms with Crippen LogP contribution < -0.4 is 9.46 Å². The van der Waals surface area contributed by atoms with E-state index in [9.17, 15) is 12.8 Å². The maximum absolute atomic E-state index is 14.6. The summed E-state index contributed by atoms with van der Waals surface area (Å²) in [5, 5.41) is 8.24. The highest BCUT2D eigenvalue weighted by atomic mass is 32.2. The van der Waals surface area contributed by atoms with Crippen molar-refractivity contribution in [2.24, 2.45) is 0 Å². The molecule has 1 aliphatic rings. The molecule has 1 aromatic carbocycles. The molecular weight excluding hydrogens is 583 g/mol. The van der Waals surface area contributed by atoms with Crippen LogP contribution in [0.1, 0.15) is 37.7 Å². The molecule has 44 heavy (non-hydrogen) atoms. The number of benzene rings is 1. The summed E-state index contributed by atoms with van der Waals surface area (Å²) in [6.45, 7) is -0.0505. The summed E-state index contributed by atoms with van der Waals surface area (Å²) in [6, 6.07) is 10.1. The van der Waals surface area contributed by atoms with E-state index < -0.39 is 15.8 Å². The molecule has 0 saturated heterocycles. The van der Waals surface area contributed by atoms with Crippen LogP contribution >= 0.6 is 0 Å². The first kappa shape index (κ1) is 28.0. The third kappa shape index (κ3) is 5.88. The van der Waals surface area contributed by atoms with Gasteiger partial charge in [0.25, 0.3) is 0 Å². The Morgan fingerprint density at radius 3 is 2.66 bits per heavy atom. The van der Waals surface area contributed by atoms with Gasteiger partial charge in [-0.3, -0.25) is 15.1 Å². The Labute approximate surface area is 252 Å². The van der Waals surface area contributed by atoms with E-state index in [-0.39, 0.29) is 12.6 Å². The molecule has 0 bridgehead atoms. The SMILES string of the molecule is CS(=O)(=O)NCc1cc(F)cc(-c2nccc3[nH]c(-c4n[nH]c5ncc(-c6cncc(OC7CCCCC7)c6)cc45)nc23)c1. The van der Waals surface area contributed by atoms with E-state index in [1.54, 1.807) is 36.9 Å². The first-order valence-corrected chi connectivity index (χ1v) is 16.2. The molecule has 0 amide bonds. The van der Waals surface area contributed by atoms with E-state index in [0.717, 1.165) is 41.4 Å². The second-order valence-electron chi connectivity index (χ2n) is 11.1. The number of ether oxygens (including phenoxy) is 1. The number of fused-ring (bicyclic) bond motifs is 2. The zero-order valence-corrected chi connectivity index (χ0v) is 24.7. The van der Waals surface area contributed by atoms with Crippen molar-refractivity contribution in [1.82, 2.24) is 39.8 Å². The first-order chi connectivity index (χ1) is 21.3. The average Bonchev–Trinajstić information content (AvgIpc) is 3.64. The van der Waals surface area contributed by atoms with Crippen LogP contribution in [0.25, 0.3) is 56.0 Å². The molecule has 13 heteroatoms. The maximum atomic E-state index is 14.6. The van der Waals surface area contributed by atoms with Gasteiger partial charge in [-0.15, -0.1) is 0 Å². The van der Waals surface area contributed by atoms with Crippen LogP contribution in [0.5, 0.6) is 5.75 Å². The van der Waals surface area contributed by atoms with Gasteiger partial charge < -0.3 is 9.72 Å². The summed E-state index contributed by atoms with van der Waals surface area (Å²) in [6.07, 6.45) is 13.9. The van der Waals surface area contributed by atoms with E-state index in [4.69, 9.17) is 9.72 Å². The normalized spacial score (nSPS) is 14.4. The Morgan fingerprint density at radius 1 is 0.977 bits per heavy atom. The van der Waals surface area contributed by atoms with Gasteiger partial charge in [0.15, 0.2) is 11.5 Å². The van der Waals surface area contributed by atoms with Crippen LogP contribution in [-0.4, -0.2) is 55.9 Å². The number of H-pyrrole nitrogens is 2. The van der Waals surface area contributed by atoms with Crippen molar-refractivity contribution in [2.75, 3.05) is 6.26 Å². The Balaban J connectivity index is 1.23. The molecule has 11 nitrogen and oxygen atoms in total. The number of rotatable bonds is 8. The zero-order chi connectivity index (χ0) is 30.3. The summed E-state index contributed by atoms with van der Waals surface area (Å²) in [4.78, 5) is 21.6. The van der Waals surface area contributed by atoms with E-state index in [2.05, 4.69) is 34.9 Å². The number of nitrogens with zero attached hydrogens (tertiary/aromatic N) is 5. The van der Waals surface area contributed by atoms with E-state index in [1.165, 1.54) is 31.4 Å². The Hall–Kier alpha value is -4.75. The van der Waals surface area contributed by atoms with Crippen LogP contribution in [0.3, 0.4) is 0 Å². The molecular formula is C31H29FN8O3S. The highest BCUT2D eigenvalue weighted by Crippen LogP contribution is 2.33. The fourth-order valence-corrected chi connectivity index (χ4v) is 6.05. The number of sulfonamides is 1. The van der Waals surface area contributed by atoms with Crippen LogP contribution in [0.15, 0.2) is 61.2 Å². The third-order valence-corrected chi connectivity index (χ3v) is 8.38. The molecule has 1 aliphatic carbocycles. The molecule has 0 unspecified atom stereocenters. The number of hydrogen-bond donors (Lipinski definition) is 3. The van der Waals surface area contributed by atoms with Crippen LogP contribution in [0.4, 0.5) is 4.39 Å². The highest BCUT2D eigenvalue weighted by molar-refractivity contribution is 7.88. The molecule has 6 aromatic rings. The number of nitrogens with one attached hydrogen (secondary N) is 3. The summed E-state index contributed by atoms with van der Waals surface area (Å²) in [7, 11) is -3.45. The average molecular weight is 613 g/mol. The van der Waals surface area contributed by atoms with Crippen molar-refractivity contribution >= 4 is 32.1 Å². The zero-order valence-electron chi connectivity index (χ0n) is 23.8. The quantitative estimate of drug-likeness (QED) is 0.203. The maximum Gasteiger partial charge on any atom is 0.209 e. The van der Waals surface area contributed by atoms with Gasteiger partial charge in [-0.05, 0) is 67.6 Å². The molecule has 1 saturated carbocycles. The molecule has 224 valence electrons. The van der Waals surface area contributed by atoms with Crippen molar-refractivity contribution in [3.05, 3.63) is 72.6 Å². The monoisotopic (exact) mass is 612 g/mol. The lowest BCUT2D eigenvalue weighted by atomic mass is 9.98. The molecule has 0 spiro atoms. The van der Waals surface area contributed by atoms with Crippen molar-refractivity contribution in [1.29, 1.82) is 0 Å². The van der Waals surface area contributed by atoms with Crippen molar-refractivity contribution in [3.63, 3.8) is 0 Å². The van der Waals surface area contributed by atoms with Gasteiger partial charge in [0.2, 0.25) is 10.0 Å². The molecule has 5 aromatic heterocycles. The molecule has 3 N–H and O–H groups in total. The van der Waals surface area contributed by atoms with Crippen LogP contribution in [0.2, 0.25) is 0 Å². The standard InChI is InChI=1S/C31H29FN8O3S/c1-44(41,42)36-14-18-9-19(11-22(32)10-18)27-29-26(7-8-34-27)37-31(38-29)28-25-13-21(16-35-30(25)40-39-28)20-12-24(17-33-15-20)43-23-5-3-2-4-6-23/h7-13,15-17,23,36H,2-6,14H2,1H3,(H,37,38)(H,35,39,40). The summed E-state index contributed by atoms with van der Waals surface area (Å²) in [5.74, 6) is 0.719. The topological polar surface area (TPSA) is 151 Å². The van der Waals surface area contributed by atoms with Gasteiger partial charge >= 0.3 is 0 Å². The van der Waals surface area contributed by atoms with Crippen LogP contribution in [-0.2, 0) is 16.6 Å². The fraction of sp³-hybridized carbons (Fsp3) is 0.258. The van der Waals surface area contributed by atoms with E-state index >= 15 is 0 Å². The van der Waals surface area contributed by atoms with E-state index in [0.29, 0.717) is 45.0 Å². The first-order valence-electron chi connectivity index (χ1n) is 14.3. The Bertz CT molecular complexity index is 2100. The molecule has 7 rings (SSSR count). The largest absolute Gasteiger partial charge is 0.489 e. The predicted molar refractivity (Wildman–Crippen MR) is 165 cm³/mol. The second kappa shape index (κ2) is 11.4. The lowest BCUT2D eigenvalue weighted by Crippen LogP contribution is -2.21. The minimum absolute atomic E-state index is 0.0505. The van der Waals surface area contributed by atoms with Gasteiger partial charge in [0.1, 0.15) is 22.8 Å². The van der Waals surface area contributed by atoms with Crippen molar-refractivity contribution < 1.29 is 17.5 Å². The summed E-state index contributed by atoms with van der Waals surface area (Å²) < 4.78 is 46.3. The van der Waals surface area contributed by atoms with Gasteiger partial charge in [0.05, 0.1) is 35.2 Å². The Kier molecular flexibility index (Phi) is 7.26. The van der Waals surface area contributed by atoms with Gasteiger partial charge in [-0.2, -0.15) is 5.10 Å². The number of aromatic amines is 2. The number of hydrogen-bond acceptors (Lipinski definition) is 8. The molecule has 0 radical (unpaired) electrons. The summed E-state index contributed by atoms with van der Waals surface area (Å²) in [5.41, 5.74) is 5.48. The molecule has 0 aliphatic heterocycles. The van der Waals surface area contributed by atoms with Crippen molar-refractivity contribution in [3.8, 4) is 39.7 Å². The number of aromatic nitrogens is 7. The number of halogens is 1. The van der Waals surface area contributed by atoms with Gasteiger partial charge in [0, 0.05) is 41.8 Å². The third-order valence-electron chi connectivity index (χ3n) is 7.71. The molecule has 5 heterocycles. The fourth-order valence-electron chi connectivity index (χ4n) is 5.62. The Morgan fingerprint density at radius 2 is 1.82 bits per heavy atom. The minimum Gasteiger partial charge on any atom is -0.489 e. The van der Waals surface area contributed by atoms with Gasteiger partial charge in [-0.1, -0.05) is 6.42 Å². The van der Waals surface area contributed by atoms with Gasteiger partial charge in [-0.25, -0.2) is 27.5 Å². The lowest BCUT2D eigenvalue weighted by Gasteiger charge is -2.23. The summed E-state index contributed by atoms with van der Waals surface area (Å²) >= 11 is 0. The smallest absolute Gasteiger partial charge is 0.209 e. The second-order valence-corrected chi connectivity index (χ2v) is 12.9. The highest BCUT2D eigenvalue weighted by Gasteiger charge is 2.19. The number of pyridine rings is 3. The van der Waals surface area contributed by atoms with Crippen molar-refractivity contribution in [2.45, 2.75) is 44.8 Å². The molecule has 0 atom stereocenters. The predicted octanol–water partition coefficient (Wildman–Crippen LogP) is 5.53. The van der Waals surface area contributed by atoms with Crippen LogP contribution in [0, 0.1) is 5.82 Å². The minimum atomic E-state index is -3.45. The molecule has 1 fully saturated rings.